The number of alkyl halides is 3. The van der Waals surface area contributed by atoms with Gasteiger partial charge in [-0.15, -0.1) is 11.3 Å². The van der Waals surface area contributed by atoms with Gasteiger partial charge in [0.15, 0.2) is 0 Å². The predicted molar refractivity (Wildman–Crippen MR) is 105 cm³/mol. The number of carbonyl (C=O) groups is 1. The summed E-state index contributed by atoms with van der Waals surface area (Å²) in [4.78, 5) is 17.6. The third-order valence-corrected chi connectivity index (χ3v) is 6.27. The first-order valence-electron chi connectivity index (χ1n) is 9.24. The molecule has 152 valence electrons. The maximum atomic E-state index is 12.8. The van der Waals surface area contributed by atoms with E-state index in [1.54, 1.807) is 19.2 Å². The van der Waals surface area contributed by atoms with Crippen molar-refractivity contribution in [3.8, 4) is 10.6 Å². The molecule has 1 atom stereocenters. The maximum Gasteiger partial charge on any atom is 0.416 e. The van der Waals surface area contributed by atoms with E-state index in [0.29, 0.717) is 32.9 Å². The molecule has 0 saturated heterocycles. The van der Waals surface area contributed by atoms with E-state index in [1.165, 1.54) is 25.0 Å². The first-order chi connectivity index (χ1) is 13.7. The molecule has 1 unspecified atom stereocenters. The lowest BCUT2D eigenvalue weighted by Crippen LogP contribution is -2.18. The fourth-order valence-electron chi connectivity index (χ4n) is 3.22. The summed E-state index contributed by atoms with van der Waals surface area (Å²) in [5.74, 6) is 0.906. The van der Waals surface area contributed by atoms with E-state index in [9.17, 15) is 18.0 Å². The molecule has 2 aromatic heterocycles. The summed E-state index contributed by atoms with van der Waals surface area (Å²) >= 11 is 1.15. The number of amides is 1. The van der Waals surface area contributed by atoms with Crippen LogP contribution in [-0.4, -0.2) is 20.7 Å². The van der Waals surface area contributed by atoms with Crippen LogP contribution in [0.25, 0.3) is 10.6 Å². The van der Waals surface area contributed by atoms with Crippen molar-refractivity contribution in [2.24, 2.45) is 5.92 Å². The minimum atomic E-state index is -4.39. The van der Waals surface area contributed by atoms with E-state index < -0.39 is 11.7 Å². The number of hydrogen-bond donors (Lipinski definition) is 1. The average molecular weight is 420 g/mol. The zero-order valence-corrected chi connectivity index (χ0v) is 16.6. The van der Waals surface area contributed by atoms with Gasteiger partial charge in [-0.05, 0) is 44.7 Å². The summed E-state index contributed by atoms with van der Waals surface area (Å²) in [6.07, 6.45) is -0.401. The third-order valence-electron chi connectivity index (χ3n) is 5.06. The second kappa shape index (κ2) is 7.29. The molecule has 0 spiro atoms. The number of thiazole rings is 1. The van der Waals surface area contributed by atoms with Crippen LogP contribution in [0.3, 0.4) is 0 Å². The van der Waals surface area contributed by atoms with Crippen molar-refractivity contribution in [1.29, 1.82) is 0 Å². The van der Waals surface area contributed by atoms with Gasteiger partial charge >= 0.3 is 6.18 Å². The molecule has 4 rings (SSSR count). The highest BCUT2D eigenvalue weighted by Crippen LogP contribution is 2.40. The van der Waals surface area contributed by atoms with E-state index in [1.807, 2.05) is 4.68 Å². The normalized spacial score (nSPS) is 15.3. The maximum absolute atomic E-state index is 12.8. The Morgan fingerprint density at radius 1 is 1.24 bits per heavy atom. The Morgan fingerprint density at radius 2 is 1.93 bits per heavy atom. The summed E-state index contributed by atoms with van der Waals surface area (Å²) in [6, 6.07) is 6.74. The average Bonchev–Trinajstić information content (AvgIpc) is 3.31. The molecule has 3 aromatic rings. The molecule has 1 saturated carbocycles. The van der Waals surface area contributed by atoms with Crippen molar-refractivity contribution in [2.45, 2.75) is 38.9 Å². The zero-order valence-electron chi connectivity index (χ0n) is 15.8. The van der Waals surface area contributed by atoms with Crippen LogP contribution in [0.2, 0.25) is 0 Å². The van der Waals surface area contributed by atoms with Gasteiger partial charge < -0.3 is 5.32 Å². The molecule has 1 aliphatic rings. The van der Waals surface area contributed by atoms with Crippen LogP contribution >= 0.6 is 11.3 Å². The summed E-state index contributed by atoms with van der Waals surface area (Å²) < 4.78 is 40.1. The standard InChI is InChI=1S/C20H19F3N4OS/c1-11-17(18(28)26-16-9-10-24-27(16)12(2)13-3-4-13)29-19(25-11)14-5-7-15(8-6-14)20(21,22)23/h5-10,12-13H,3-4H2,1-2H3,(H,26,28). The Bertz CT molecular complexity index is 1030. The van der Waals surface area contributed by atoms with Crippen LogP contribution in [0.15, 0.2) is 36.5 Å². The molecule has 1 fully saturated rings. The first kappa shape index (κ1) is 19.6. The van der Waals surface area contributed by atoms with Gasteiger partial charge in [0.1, 0.15) is 15.7 Å². The van der Waals surface area contributed by atoms with Crippen LogP contribution in [0.4, 0.5) is 19.0 Å². The van der Waals surface area contributed by atoms with Gasteiger partial charge in [-0.1, -0.05) is 12.1 Å². The lowest BCUT2D eigenvalue weighted by Gasteiger charge is -2.15. The molecule has 1 amide bonds. The largest absolute Gasteiger partial charge is 0.416 e. The quantitative estimate of drug-likeness (QED) is 0.588. The van der Waals surface area contributed by atoms with E-state index in [-0.39, 0.29) is 11.9 Å². The van der Waals surface area contributed by atoms with Gasteiger partial charge in [0.05, 0.1) is 23.5 Å². The summed E-state index contributed by atoms with van der Waals surface area (Å²) in [7, 11) is 0. The topological polar surface area (TPSA) is 59.8 Å². The van der Waals surface area contributed by atoms with Crippen molar-refractivity contribution in [1.82, 2.24) is 14.8 Å². The molecule has 9 heteroatoms. The minimum absolute atomic E-state index is 0.213. The Balaban J connectivity index is 1.54. The molecule has 1 aliphatic carbocycles. The molecule has 29 heavy (non-hydrogen) atoms. The van der Waals surface area contributed by atoms with Crippen molar-refractivity contribution in [3.63, 3.8) is 0 Å². The number of benzene rings is 1. The minimum Gasteiger partial charge on any atom is -0.306 e. The third kappa shape index (κ3) is 4.05. The van der Waals surface area contributed by atoms with Crippen molar-refractivity contribution in [2.75, 3.05) is 5.32 Å². The Labute approximate surface area is 169 Å². The Morgan fingerprint density at radius 3 is 2.55 bits per heavy atom. The number of carbonyl (C=O) groups excluding carboxylic acids is 1. The van der Waals surface area contributed by atoms with Crippen LogP contribution in [-0.2, 0) is 6.18 Å². The monoisotopic (exact) mass is 420 g/mol. The van der Waals surface area contributed by atoms with Gasteiger partial charge in [-0.2, -0.15) is 18.3 Å². The van der Waals surface area contributed by atoms with E-state index in [4.69, 9.17) is 0 Å². The van der Waals surface area contributed by atoms with Gasteiger partial charge in [-0.25, -0.2) is 9.67 Å². The van der Waals surface area contributed by atoms with E-state index in [2.05, 4.69) is 22.3 Å². The number of aryl methyl sites for hydroxylation is 1. The number of aromatic nitrogens is 3. The molecule has 0 radical (unpaired) electrons. The smallest absolute Gasteiger partial charge is 0.306 e. The van der Waals surface area contributed by atoms with Crippen LogP contribution in [0.5, 0.6) is 0 Å². The fraction of sp³-hybridized carbons (Fsp3) is 0.350. The van der Waals surface area contributed by atoms with E-state index >= 15 is 0 Å². The number of nitrogens with zero attached hydrogens (tertiary/aromatic N) is 3. The number of anilines is 1. The molecule has 5 nitrogen and oxygen atoms in total. The summed E-state index contributed by atoms with van der Waals surface area (Å²) in [5, 5.41) is 7.71. The lowest BCUT2D eigenvalue weighted by atomic mass is 10.1. The van der Waals surface area contributed by atoms with E-state index in [0.717, 1.165) is 23.5 Å². The zero-order chi connectivity index (χ0) is 20.8. The SMILES string of the molecule is Cc1nc(-c2ccc(C(F)(F)F)cc2)sc1C(=O)Nc1ccnn1C(C)C1CC1. The highest BCUT2D eigenvalue weighted by Gasteiger charge is 2.31. The van der Waals surface area contributed by atoms with Gasteiger partial charge in [-0.3, -0.25) is 4.79 Å². The number of hydrogen-bond acceptors (Lipinski definition) is 4. The summed E-state index contributed by atoms with van der Waals surface area (Å²) in [5.41, 5.74) is 0.354. The fourth-order valence-corrected chi connectivity index (χ4v) is 4.19. The number of rotatable bonds is 5. The molecule has 1 aromatic carbocycles. The highest BCUT2D eigenvalue weighted by molar-refractivity contribution is 7.17. The van der Waals surface area contributed by atoms with Crippen molar-refractivity contribution < 1.29 is 18.0 Å². The van der Waals surface area contributed by atoms with Crippen molar-refractivity contribution >= 4 is 23.1 Å². The molecular formula is C20H19F3N4OS. The van der Waals surface area contributed by atoms with Crippen molar-refractivity contribution in [3.05, 3.63) is 52.7 Å². The number of nitrogens with one attached hydrogen (secondary N) is 1. The van der Waals surface area contributed by atoms with Gasteiger partial charge in [0, 0.05) is 11.6 Å². The Kier molecular flexibility index (Phi) is 4.94. The molecule has 1 N–H and O–H groups in total. The molecule has 0 bridgehead atoms. The van der Waals surface area contributed by atoms with Crippen LogP contribution in [0.1, 0.15) is 46.7 Å². The second-order valence-corrected chi connectivity index (χ2v) is 8.20. The molecule has 2 heterocycles. The molecule has 0 aliphatic heterocycles. The van der Waals surface area contributed by atoms with Crippen LogP contribution < -0.4 is 5.32 Å². The van der Waals surface area contributed by atoms with Gasteiger partial charge in [0.25, 0.3) is 5.91 Å². The highest BCUT2D eigenvalue weighted by atomic mass is 32.1. The summed E-state index contributed by atoms with van der Waals surface area (Å²) in [6.45, 7) is 3.80. The van der Waals surface area contributed by atoms with Crippen LogP contribution in [0, 0.1) is 12.8 Å². The van der Waals surface area contributed by atoms with Gasteiger partial charge in [0.2, 0.25) is 0 Å². The first-order valence-corrected chi connectivity index (χ1v) is 10.1. The molecular weight excluding hydrogens is 401 g/mol. The second-order valence-electron chi connectivity index (χ2n) is 7.20. The lowest BCUT2D eigenvalue weighted by molar-refractivity contribution is -0.137. The predicted octanol–water partition coefficient (Wildman–Crippen LogP) is 5.56. The number of halogens is 3. The Hall–Kier alpha value is -2.68.